The Hall–Kier alpha value is -3.26. The number of rotatable bonds is 5. The molecule has 4 nitrogen and oxygen atoms in total. The first-order valence-electron chi connectivity index (χ1n) is 9.39. The Balaban J connectivity index is 1.43. The van der Waals surface area contributed by atoms with Crippen LogP contribution in [0.2, 0.25) is 0 Å². The molecule has 0 aliphatic carbocycles. The van der Waals surface area contributed by atoms with E-state index < -0.39 is 11.6 Å². The van der Waals surface area contributed by atoms with Gasteiger partial charge in [0.1, 0.15) is 27.8 Å². The van der Waals surface area contributed by atoms with Gasteiger partial charge in [-0.25, -0.2) is 28.1 Å². The van der Waals surface area contributed by atoms with Gasteiger partial charge >= 0.3 is 0 Å². The van der Waals surface area contributed by atoms with Crippen LogP contribution in [0.3, 0.4) is 0 Å². The number of nitrogens with one attached hydrogen (secondary N) is 1. The lowest BCUT2D eigenvalue weighted by Crippen LogP contribution is -1.99. The van der Waals surface area contributed by atoms with E-state index in [9.17, 15) is 13.2 Å². The van der Waals surface area contributed by atoms with E-state index in [1.165, 1.54) is 35.6 Å². The predicted molar refractivity (Wildman–Crippen MR) is 111 cm³/mol. The quantitative estimate of drug-likeness (QED) is 0.386. The number of nitrogens with zero attached hydrogens (tertiary/aromatic N) is 3. The molecule has 0 unspecified atom stereocenters. The summed E-state index contributed by atoms with van der Waals surface area (Å²) in [5.74, 6) is -1.35. The van der Waals surface area contributed by atoms with Gasteiger partial charge in [-0.05, 0) is 55.2 Å². The monoisotopic (exact) mass is 424 g/mol. The maximum absolute atomic E-state index is 13.6. The zero-order valence-electron chi connectivity index (χ0n) is 15.6. The van der Waals surface area contributed by atoms with Gasteiger partial charge in [-0.15, -0.1) is 11.3 Å². The molecule has 0 spiro atoms. The molecule has 0 bridgehead atoms. The smallest absolute Gasteiger partial charge is 0.161 e. The van der Waals surface area contributed by atoms with Gasteiger partial charge in [-0.1, -0.05) is 0 Å². The van der Waals surface area contributed by atoms with Crippen LogP contribution in [0.4, 0.5) is 13.2 Å². The van der Waals surface area contributed by atoms with E-state index in [1.54, 1.807) is 11.6 Å². The average molecular weight is 424 g/mol. The van der Waals surface area contributed by atoms with Crippen LogP contribution in [0.25, 0.3) is 32.6 Å². The van der Waals surface area contributed by atoms with Gasteiger partial charge in [-0.2, -0.15) is 0 Å². The third-order valence-corrected chi connectivity index (χ3v) is 5.70. The fourth-order valence-corrected chi connectivity index (χ4v) is 4.29. The van der Waals surface area contributed by atoms with Crippen molar-refractivity contribution in [3.05, 3.63) is 76.8 Å². The highest BCUT2D eigenvalue weighted by molar-refractivity contribution is 7.16. The molecule has 0 fully saturated rings. The molecule has 0 saturated heterocycles. The van der Waals surface area contributed by atoms with E-state index >= 15 is 0 Å². The number of thiazole rings is 1. The van der Waals surface area contributed by atoms with Crippen LogP contribution in [-0.2, 0) is 12.8 Å². The molecule has 8 heteroatoms. The first kappa shape index (κ1) is 18.7. The molecular weight excluding hydrogens is 409 g/mol. The number of hydrogen-bond donors (Lipinski definition) is 1. The second kappa shape index (κ2) is 7.53. The Labute approximate surface area is 173 Å². The van der Waals surface area contributed by atoms with Crippen LogP contribution in [0.15, 0.2) is 48.1 Å². The van der Waals surface area contributed by atoms with Crippen molar-refractivity contribution >= 4 is 32.6 Å². The van der Waals surface area contributed by atoms with Crippen molar-refractivity contribution in [2.24, 2.45) is 0 Å². The summed E-state index contributed by atoms with van der Waals surface area (Å²) >= 11 is 1.36. The minimum absolute atomic E-state index is 0.268. The van der Waals surface area contributed by atoms with Crippen molar-refractivity contribution in [1.29, 1.82) is 0 Å². The van der Waals surface area contributed by atoms with Crippen molar-refractivity contribution in [3.63, 3.8) is 0 Å². The largest absolute Gasteiger partial charge is 0.361 e. The summed E-state index contributed by atoms with van der Waals surface area (Å²) in [5.41, 5.74) is 5.32. The Morgan fingerprint density at radius 1 is 0.900 bits per heavy atom. The topological polar surface area (TPSA) is 54.5 Å². The second-order valence-corrected chi connectivity index (χ2v) is 7.85. The van der Waals surface area contributed by atoms with Crippen molar-refractivity contribution in [3.8, 4) is 11.4 Å². The van der Waals surface area contributed by atoms with Crippen molar-refractivity contribution in [2.75, 3.05) is 0 Å². The van der Waals surface area contributed by atoms with Crippen LogP contribution < -0.4 is 0 Å². The fourth-order valence-electron chi connectivity index (χ4n) is 3.61. The maximum atomic E-state index is 13.6. The molecule has 1 N–H and O–H groups in total. The highest BCUT2D eigenvalue weighted by Gasteiger charge is 2.14. The van der Waals surface area contributed by atoms with Crippen molar-refractivity contribution in [2.45, 2.75) is 19.3 Å². The van der Waals surface area contributed by atoms with Gasteiger partial charge in [0, 0.05) is 28.7 Å². The number of aromatic nitrogens is 4. The lowest BCUT2D eigenvalue weighted by Gasteiger charge is -2.06. The van der Waals surface area contributed by atoms with E-state index in [2.05, 4.69) is 19.9 Å². The summed E-state index contributed by atoms with van der Waals surface area (Å²) < 4.78 is 40.9. The van der Waals surface area contributed by atoms with Gasteiger partial charge in [0.25, 0.3) is 0 Å². The molecule has 0 radical (unpaired) electrons. The second-order valence-electron chi connectivity index (χ2n) is 7.02. The first-order valence-corrected chi connectivity index (χ1v) is 10.3. The summed E-state index contributed by atoms with van der Waals surface area (Å²) in [6.07, 6.45) is 3.98. The Morgan fingerprint density at radius 2 is 1.73 bits per heavy atom. The molecule has 5 rings (SSSR count). The number of H-pyrrole nitrogens is 1. The van der Waals surface area contributed by atoms with E-state index in [1.807, 2.05) is 6.20 Å². The SMILES string of the molecule is Fc1cc(F)cc(-c2nc(CCCc3c[nH]c4ccc(F)cc34)c3ncsc3n2)c1. The van der Waals surface area contributed by atoms with Crippen LogP contribution in [-0.4, -0.2) is 19.9 Å². The molecule has 0 amide bonds. The lowest BCUT2D eigenvalue weighted by molar-refractivity contribution is 0.584. The molecule has 0 aliphatic rings. The summed E-state index contributed by atoms with van der Waals surface area (Å²) in [7, 11) is 0. The number of benzene rings is 2. The summed E-state index contributed by atoms with van der Waals surface area (Å²) in [5, 5.41) is 0.868. The highest BCUT2D eigenvalue weighted by Crippen LogP contribution is 2.26. The number of halogens is 3. The van der Waals surface area contributed by atoms with Crippen molar-refractivity contribution in [1.82, 2.24) is 19.9 Å². The molecule has 2 aromatic carbocycles. The number of fused-ring (bicyclic) bond motifs is 2. The van der Waals surface area contributed by atoms with Crippen LogP contribution in [0, 0.1) is 17.5 Å². The lowest BCUT2D eigenvalue weighted by atomic mass is 10.1. The summed E-state index contributed by atoms with van der Waals surface area (Å²) in [6, 6.07) is 7.94. The Kier molecular flexibility index (Phi) is 4.71. The van der Waals surface area contributed by atoms with E-state index in [0.29, 0.717) is 16.8 Å². The number of aromatic amines is 1. The highest BCUT2D eigenvalue weighted by atomic mass is 32.1. The normalized spacial score (nSPS) is 11.6. The van der Waals surface area contributed by atoms with E-state index in [-0.39, 0.29) is 17.2 Å². The molecule has 0 saturated carbocycles. The van der Waals surface area contributed by atoms with Gasteiger partial charge < -0.3 is 4.98 Å². The molecule has 3 heterocycles. The number of hydrogen-bond acceptors (Lipinski definition) is 4. The average Bonchev–Trinajstić information content (AvgIpc) is 3.34. The summed E-state index contributed by atoms with van der Waals surface area (Å²) in [6.45, 7) is 0. The maximum Gasteiger partial charge on any atom is 0.161 e. The zero-order chi connectivity index (χ0) is 20.7. The zero-order valence-corrected chi connectivity index (χ0v) is 16.4. The van der Waals surface area contributed by atoms with Gasteiger partial charge in [0.15, 0.2) is 5.82 Å². The minimum atomic E-state index is -0.675. The minimum Gasteiger partial charge on any atom is -0.361 e. The Bertz CT molecular complexity index is 1360. The van der Waals surface area contributed by atoms with E-state index in [4.69, 9.17) is 0 Å². The third kappa shape index (κ3) is 3.54. The first-order chi connectivity index (χ1) is 14.6. The van der Waals surface area contributed by atoms with Crippen LogP contribution in [0.5, 0.6) is 0 Å². The Morgan fingerprint density at radius 3 is 2.57 bits per heavy atom. The van der Waals surface area contributed by atoms with Gasteiger partial charge in [-0.3, -0.25) is 0 Å². The predicted octanol–water partition coefficient (Wildman–Crippen LogP) is 5.83. The van der Waals surface area contributed by atoms with E-state index in [0.717, 1.165) is 41.1 Å². The standard InChI is InChI=1S/C22H15F3N4S/c23-14-4-5-18-17(9-14)12(10-26-18)2-1-3-19-20-22(30-11-27-20)29-21(28-19)13-6-15(24)8-16(25)7-13/h4-11,26H,1-3H2. The number of aryl methyl sites for hydroxylation is 2. The summed E-state index contributed by atoms with van der Waals surface area (Å²) in [4.78, 5) is 17.2. The molecule has 0 aliphatic heterocycles. The fraction of sp³-hybridized carbons (Fsp3) is 0.136. The molecule has 5 aromatic rings. The van der Waals surface area contributed by atoms with Crippen molar-refractivity contribution < 1.29 is 13.2 Å². The molecule has 30 heavy (non-hydrogen) atoms. The molecule has 3 aromatic heterocycles. The van der Waals surface area contributed by atoms with Gasteiger partial charge in [0.05, 0.1) is 11.2 Å². The molecular formula is C22H15F3N4S. The molecule has 0 atom stereocenters. The van der Waals surface area contributed by atoms with Gasteiger partial charge in [0.2, 0.25) is 0 Å². The van der Waals surface area contributed by atoms with Crippen LogP contribution >= 0.6 is 11.3 Å². The van der Waals surface area contributed by atoms with Crippen LogP contribution in [0.1, 0.15) is 17.7 Å². The molecule has 150 valence electrons. The third-order valence-electron chi connectivity index (χ3n) is 4.98.